The molecule has 1 aliphatic rings. The van der Waals surface area contributed by atoms with Crippen molar-refractivity contribution in [2.24, 2.45) is 5.92 Å². The number of halogens is 4. The maximum absolute atomic E-state index is 13.2. The van der Waals surface area contributed by atoms with Crippen molar-refractivity contribution in [3.05, 3.63) is 24.0 Å². The average Bonchev–Trinajstić information content (AvgIpc) is 2.27. The summed E-state index contributed by atoms with van der Waals surface area (Å²) in [4.78, 5) is -1.07. The Morgan fingerprint density at radius 3 is 2.38 bits per heavy atom. The number of alkyl halides is 3. The highest BCUT2D eigenvalue weighted by Crippen LogP contribution is 2.37. The van der Waals surface area contributed by atoms with Crippen LogP contribution in [-0.4, -0.2) is 20.0 Å². The number of sulfone groups is 1. The van der Waals surface area contributed by atoms with Crippen molar-refractivity contribution < 1.29 is 26.0 Å². The minimum atomic E-state index is -5.59. The largest absolute Gasteiger partial charge is 0.501 e. The normalized spacial score (nSPS) is 18.1. The molecular formula is C13H15F4NO2S. The summed E-state index contributed by atoms with van der Waals surface area (Å²) in [6.45, 7) is 1.77. The Balaban J connectivity index is 2.38. The highest BCUT2D eigenvalue weighted by atomic mass is 32.2. The van der Waals surface area contributed by atoms with Gasteiger partial charge in [-0.05, 0) is 43.9 Å². The van der Waals surface area contributed by atoms with Gasteiger partial charge >= 0.3 is 5.51 Å². The standard InChI is InChI=1S/C13H15F4NO2S/c1-8(9-3-2-4-9)18-11-6-5-10(14)7-12(11)21(19,20)13(15,16)17/h5-9,18H,2-4H2,1H3. The summed E-state index contributed by atoms with van der Waals surface area (Å²) in [5.74, 6) is -0.740. The smallest absolute Gasteiger partial charge is 0.381 e. The van der Waals surface area contributed by atoms with E-state index in [-0.39, 0.29) is 17.6 Å². The van der Waals surface area contributed by atoms with Gasteiger partial charge in [0.25, 0.3) is 9.84 Å². The highest BCUT2D eigenvalue weighted by Gasteiger charge is 2.48. The van der Waals surface area contributed by atoms with Crippen LogP contribution in [0.3, 0.4) is 0 Å². The number of nitrogens with one attached hydrogen (secondary N) is 1. The van der Waals surface area contributed by atoms with Crippen LogP contribution in [0.5, 0.6) is 0 Å². The predicted octanol–water partition coefficient (Wildman–Crippen LogP) is 3.72. The van der Waals surface area contributed by atoms with E-state index in [9.17, 15) is 26.0 Å². The molecule has 1 saturated carbocycles. The first-order chi connectivity index (χ1) is 9.63. The second-order valence-electron chi connectivity index (χ2n) is 5.21. The molecule has 1 aromatic carbocycles. The van der Waals surface area contributed by atoms with Crippen molar-refractivity contribution in [3.8, 4) is 0 Å². The maximum Gasteiger partial charge on any atom is 0.501 e. The fourth-order valence-corrected chi connectivity index (χ4v) is 3.20. The minimum Gasteiger partial charge on any atom is -0.381 e. The van der Waals surface area contributed by atoms with Crippen molar-refractivity contribution in [2.75, 3.05) is 5.32 Å². The first-order valence-corrected chi connectivity index (χ1v) is 7.98. The number of benzene rings is 1. The molecule has 21 heavy (non-hydrogen) atoms. The number of rotatable bonds is 4. The molecule has 118 valence electrons. The van der Waals surface area contributed by atoms with E-state index in [2.05, 4.69) is 5.32 Å². The first-order valence-electron chi connectivity index (χ1n) is 6.50. The molecule has 0 saturated heterocycles. The van der Waals surface area contributed by atoms with Crippen LogP contribution in [0.4, 0.5) is 23.2 Å². The lowest BCUT2D eigenvalue weighted by atomic mass is 9.80. The van der Waals surface area contributed by atoms with Gasteiger partial charge in [0, 0.05) is 6.04 Å². The van der Waals surface area contributed by atoms with Gasteiger partial charge in [-0.1, -0.05) is 6.42 Å². The predicted molar refractivity (Wildman–Crippen MR) is 70.1 cm³/mol. The van der Waals surface area contributed by atoms with Crippen LogP contribution in [0.1, 0.15) is 26.2 Å². The molecule has 0 spiro atoms. The zero-order chi connectivity index (χ0) is 15.8. The van der Waals surface area contributed by atoms with E-state index in [1.807, 2.05) is 0 Å². The highest BCUT2D eigenvalue weighted by molar-refractivity contribution is 7.92. The molecule has 0 amide bonds. The Morgan fingerprint density at radius 2 is 1.90 bits per heavy atom. The third-order valence-corrected chi connectivity index (χ3v) is 5.30. The summed E-state index contributed by atoms with van der Waals surface area (Å²) in [6.07, 6.45) is 2.93. The minimum absolute atomic E-state index is 0.175. The lowest BCUT2D eigenvalue weighted by Crippen LogP contribution is -2.32. The van der Waals surface area contributed by atoms with Crippen LogP contribution >= 0.6 is 0 Å². The molecular weight excluding hydrogens is 310 g/mol. The van der Waals surface area contributed by atoms with E-state index >= 15 is 0 Å². The Kier molecular flexibility index (Phi) is 4.19. The topological polar surface area (TPSA) is 46.2 Å². The van der Waals surface area contributed by atoms with E-state index in [0.717, 1.165) is 31.4 Å². The van der Waals surface area contributed by atoms with Gasteiger partial charge in [0.15, 0.2) is 0 Å². The van der Waals surface area contributed by atoms with Gasteiger partial charge in [-0.25, -0.2) is 12.8 Å². The van der Waals surface area contributed by atoms with E-state index in [4.69, 9.17) is 0 Å². The van der Waals surface area contributed by atoms with E-state index < -0.39 is 26.1 Å². The second-order valence-corrected chi connectivity index (χ2v) is 7.12. The summed E-state index contributed by atoms with van der Waals surface area (Å²) >= 11 is 0. The summed E-state index contributed by atoms with van der Waals surface area (Å²) in [5.41, 5.74) is -5.68. The molecule has 0 bridgehead atoms. The van der Waals surface area contributed by atoms with Crippen LogP contribution in [-0.2, 0) is 9.84 Å². The number of anilines is 1. The van der Waals surface area contributed by atoms with Gasteiger partial charge in [-0.2, -0.15) is 13.2 Å². The molecule has 1 N–H and O–H groups in total. The maximum atomic E-state index is 13.2. The Morgan fingerprint density at radius 1 is 1.29 bits per heavy atom. The molecule has 1 aromatic rings. The molecule has 1 fully saturated rings. The molecule has 2 rings (SSSR count). The van der Waals surface area contributed by atoms with Gasteiger partial charge in [0.2, 0.25) is 0 Å². The third kappa shape index (κ3) is 3.14. The van der Waals surface area contributed by atoms with Gasteiger partial charge in [0.05, 0.1) is 5.69 Å². The SMILES string of the molecule is CC(Nc1ccc(F)cc1S(=O)(=O)C(F)(F)F)C1CCC1. The zero-order valence-electron chi connectivity index (χ0n) is 11.2. The Hall–Kier alpha value is -1.31. The molecule has 0 radical (unpaired) electrons. The summed E-state index contributed by atoms with van der Waals surface area (Å²) in [6, 6.07) is 2.19. The summed E-state index contributed by atoms with van der Waals surface area (Å²) in [5, 5.41) is 2.77. The van der Waals surface area contributed by atoms with E-state index in [1.54, 1.807) is 6.92 Å². The van der Waals surface area contributed by atoms with Crippen LogP contribution in [0.15, 0.2) is 23.1 Å². The van der Waals surface area contributed by atoms with E-state index in [1.165, 1.54) is 0 Å². The summed E-state index contributed by atoms with van der Waals surface area (Å²) in [7, 11) is -5.59. The first kappa shape index (κ1) is 16.1. The van der Waals surface area contributed by atoms with Crippen molar-refractivity contribution >= 4 is 15.5 Å². The molecule has 3 nitrogen and oxygen atoms in total. The van der Waals surface area contributed by atoms with Gasteiger partial charge in [0.1, 0.15) is 10.7 Å². The monoisotopic (exact) mass is 325 g/mol. The second kappa shape index (κ2) is 5.47. The number of hydrogen-bond acceptors (Lipinski definition) is 3. The Bertz CT molecular complexity index is 624. The fourth-order valence-electron chi connectivity index (χ4n) is 2.27. The quantitative estimate of drug-likeness (QED) is 0.858. The van der Waals surface area contributed by atoms with Crippen LogP contribution in [0, 0.1) is 11.7 Å². The molecule has 0 aliphatic heterocycles. The molecule has 8 heteroatoms. The van der Waals surface area contributed by atoms with Crippen molar-refractivity contribution in [3.63, 3.8) is 0 Å². The van der Waals surface area contributed by atoms with Crippen LogP contribution in [0.25, 0.3) is 0 Å². The zero-order valence-corrected chi connectivity index (χ0v) is 12.1. The molecule has 1 unspecified atom stereocenters. The van der Waals surface area contributed by atoms with Crippen LogP contribution < -0.4 is 5.32 Å². The Labute approximate surface area is 120 Å². The van der Waals surface area contributed by atoms with Gasteiger partial charge in [-0.15, -0.1) is 0 Å². The van der Waals surface area contributed by atoms with Crippen LogP contribution in [0.2, 0.25) is 0 Å². The summed E-state index contributed by atoms with van der Waals surface area (Å²) < 4.78 is 74.2. The molecule has 1 atom stereocenters. The number of hydrogen-bond donors (Lipinski definition) is 1. The third-order valence-electron chi connectivity index (χ3n) is 3.78. The van der Waals surface area contributed by atoms with Gasteiger partial charge < -0.3 is 5.32 Å². The lowest BCUT2D eigenvalue weighted by Gasteiger charge is -2.33. The molecule has 0 aromatic heterocycles. The average molecular weight is 325 g/mol. The van der Waals surface area contributed by atoms with Crippen molar-refractivity contribution in [1.82, 2.24) is 0 Å². The van der Waals surface area contributed by atoms with Crippen molar-refractivity contribution in [2.45, 2.75) is 42.6 Å². The van der Waals surface area contributed by atoms with Crippen molar-refractivity contribution in [1.29, 1.82) is 0 Å². The van der Waals surface area contributed by atoms with E-state index in [0.29, 0.717) is 6.07 Å². The van der Waals surface area contributed by atoms with Gasteiger partial charge in [-0.3, -0.25) is 0 Å². The molecule has 1 aliphatic carbocycles. The lowest BCUT2D eigenvalue weighted by molar-refractivity contribution is -0.0435. The molecule has 0 heterocycles. The fraction of sp³-hybridized carbons (Fsp3) is 0.538.